The molecule has 0 atom stereocenters. The fourth-order valence-electron chi connectivity index (χ4n) is 4.04. The Hall–Kier alpha value is -1.09. The number of nitrogens with zero attached hydrogens (tertiary/aromatic N) is 2. The predicted octanol–water partition coefficient (Wildman–Crippen LogP) is 3.58. The maximum absolute atomic E-state index is 6.04. The van der Waals surface area contributed by atoms with Gasteiger partial charge in [0.15, 0.2) is 0 Å². The van der Waals surface area contributed by atoms with E-state index < -0.39 is 0 Å². The van der Waals surface area contributed by atoms with Gasteiger partial charge < -0.3 is 10.6 Å². The van der Waals surface area contributed by atoms with Gasteiger partial charge in [-0.05, 0) is 57.1 Å². The van der Waals surface area contributed by atoms with Crippen molar-refractivity contribution in [1.29, 1.82) is 0 Å². The number of aromatic nitrogens is 1. The van der Waals surface area contributed by atoms with Crippen molar-refractivity contribution in [3.05, 3.63) is 22.9 Å². The maximum atomic E-state index is 6.04. The second kappa shape index (κ2) is 6.78. The lowest BCUT2D eigenvalue weighted by Gasteiger charge is -2.36. The molecular weight excluding hydrogens is 258 g/mol. The first-order chi connectivity index (χ1) is 10.3. The molecule has 2 aliphatic carbocycles. The first kappa shape index (κ1) is 14.8. The fraction of sp³-hybridized carbons (Fsp3) is 0.722. The summed E-state index contributed by atoms with van der Waals surface area (Å²) in [5.74, 6) is 1.19. The number of hydrogen-bond donors (Lipinski definition) is 1. The molecule has 3 rings (SSSR count). The molecule has 0 amide bonds. The minimum Gasteiger partial charge on any atom is -0.354 e. The summed E-state index contributed by atoms with van der Waals surface area (Å²) in [4.78, 5) is 7.61. The molecule has 1 saturated carbocycles. The van der Waals surface area contributed by atoms with E-state index in [9.17, 15) is 0 Å². The van der Waals surface area contributed by atoms with Gasteiger partial charge in [0.25, 0.3) is 0 Å². The maximum Gasteiger partial charge on any atom is 0.133 e. The van der Waals surface area contributed by atoms with Crippen molar-refractivity contribution in [2.75, 3.05) is 11.4 Å². The van der Waals surface area contributed by atoms with Gasteiger partial charge in [-0.1, -0.05) is 19.3 Å². The Labute approximate surface area is 128 Å². The highest BCUT2D eigenvalue weighted by Gasteiger charge is 2.24. The zero-order chi connectivity index (χ0) is 14.7. The molecule has 0 unspecified atom stereocenters. The Morgan fingerprint density at radius 1 is 1.14 bits per heavy atom. The van der Waals surface area contributed by atoms with Crippen LogP contribution in [0, 0.1) is 0 Å². The number of pyridine rings is 1. The Morgan fingerprint density at radius 3 is 2.62 bits per heavy atom. The van der Waals surface area contributed by atoms with E-state index in [0.29, 0.717) is 12.6 Å². The van der Waals surface area contributed by atoms with Gasteiger partial charge in [0.2, 0.25) is 0 Å². The van der Waals surface area contributed by atoms with Gasteiger partial charge in [0.05, 0.1) is 0 Å². The van der Waals surface area contributed by atoms with Crippen LogP contribution in [-0.2, 0) is 19.4 Å². The van der Waals surface area contributed by atoms with Crippen LogP contribution in [0.1, 0.15) is 68.7 Å². The first-order valence-electron chi connectivity index (χ1n) is 8.82. The minimum atomic E-state index is 0.610. The number of hydrogen-bond acceptors (Lipinski definition) is 3. The summed E-state index contributed by atoms with van der Waals surface area (Å²) in [6, 6.07) is 3.02. The van der Waals surface area contributed by atoms with Crippen LogP contribution in [0.15, 0.2) is 6.07 Å². The van der Waals surface area contributed by atoms with Crippen molar-refractivity contribution in [1.82, 2.24) is 4.98 Å². The van der Waals surface area contributed by atoms with E-state index in [2.05, 4.69) is 17.9 Å². The Morgan fingerprint density at radius 2 is 1.90 bits per heavy atom. The van der Waals surface area contributed by atoms with E-state index >= 15 is 0 Å². The van der Waals surface area contributed by atoms with Crippen LogP contribution in [0.5, 0.6) is 0 Å². The van der Waals surface area contributed by atoms with Crippen molar-refractivity contribution >= 4 is 5.82 Å². The van der Waals surface area contributed by atoms with Crippen molar-refractivity contribution in [2.24, 2.45) is 5.73 Å². The number of anilines is 1. The number of nitrogens with two attached hydrogens (primary N) is 1. The van der Waals surface area contributed by atoms with Crippen LogP contribution in [0.25, 0.3) is 0 Å². The van der Waals surface area contributed by atoms with E-state index in [1.807, 2.05) is 0 Å². The molecule has 3 heteroatoms. The molecule has 0 spiro atoms. The monoisotopic (exact) mass is 287 g/mol. The van der Waals surface area contributed by atoms with Gasteiger partial charge in [-0.2, -0.15) is 0 Å². The normalized spacial score (nSPS) is 19.3. The zero-order valence-electron chi connectivity index (χ0n) is 13.4. The molecule has 1 heterocycles. The van der Waals surface area contributed by atoms with E-state index in [-0.39, 0.29) is 0 Å². The number of aryl methyl sites for hydroxylation is 2. The molecule has 0 aromatic carbocycles. The van der Waals surface area contributed by atoms with Crippen LogP contribution in [0.2, 0.25) is 0 Å². The summed E-state index contributed by atoms with van der Waals surface area (Å²) in [5.41, 5.74) is 10.1. The van der Waals surface area contributed by atoms with Crippen molar-refractivity contribution in [3.8, 4) is 0 Å². The molecular formula is C18H29N3. The van der Waals surface area contributed by atoms with Crippen LogP contribution in [0.4, 0.5) is 5.82 Å². The third-order valence-electron chi connectivity index (χ3n) is 5.21. The van der Waals surface area contributed by atoms with Gasteiger partial charge in [0, 0.05) is 30.4 Å². The zero-order valence-corrected chi connectivity index (χ0v) is 13.4. The molecule has 3 nitrogen and oxygen atoms in total. The number of fused-ring (bicyclic) bond motifs is 1. The average Bonchev–Trinajstić information content (AvgIpc) is 2.56. The number of rotatable bonds is 4. The largest absolute Gasteiger partial charge is 0.354 e. The molecule has 2 N–H and O–H groups in total. The molecule has 1 aromatic rings. The summed E-state index contributed by atoms with van der Waals surface area (Å²) >= 11 is 0. The molecule has 2 aliphatic rings. The van der Waals surface area contributed by atoms with Crippen molar-refractivity contribution in [3.63, 3.8) is 0 Å². The minimum absolute atomic E-state index is 0.610. The second-order valence-corrected chi connectivity index (χ2v) is 6.57. The molecule has 21 heavy (non-hydrogen) atoms. The highest BCUT2D eigenvalue weighted by molar-refractivity contribution is 5.51. The fourth-order valence-corrected chi connectivity index (χ4v) is 4.04. The third kappa shape index (κ3) is 3.08. The van der Waals surface area contributed by atoms with Crippen molar-refractivity contribution in [2.45, 2.75) is 77.3 Å². The smallest absolute Gasteiger partial charge is 0.133 e. The van der Waals surface area contributed by atoms with Crippen molar-refractivity contribution < 1.29 is 0 Å². The predicted molar refractivity (Wildman–Crippen MR) is 88.7 cm³/mol. The summed E-state index contributed by atoms with van der Waals surface area (Å²) in [6.07, 6.45) is 11.7. The summed E-state index contributed by atoms with van der Waals surface area (Å²) < 4.78 is 0. The topological polar surface area (TPSA) is 42.2 Å². The van der Waals surface area contributed by atoms with Gasteiger partial charge in [0.1, 0.15) is 5.82 Å². The van der Waals surface area contributed by atoms with E-state index in [1.54, 1.807) is 0 Å². The molecule has 0 radical (unpaired) electrons. The summed E-state index contributed by atoms with van der Waals surface area (Å²) in [5, 5.41) is 0. The molecule has 1 aromatic heterocycles. The standard InChI is InChI=1S/C18H29N3/c1-2-21(16-9-4-3-5-10-16)18-15(13-19)12-14-8-6-7-11-17(14)20-18/h12,16H,2-11,13,19H2,1H3. The first-order valence-corrected chi connectivity index (χ1v) is 8.82. The van der Waals surface area contributed by atoms with Gasteiger partial charge in [-0.3, -0.25) is 0 Å². The highest BCUT2D eigenvalue weighted by atomic mass is 15.2. The summed E-state index contributed by atoms with van der Waals surface area (Å²) in [6.45, 7) is 3.91. The Bertz CT molecular complexity index is 478. The van der Waals surface area contributed by atoms with Crippen LogP contribution in [0.3, 0.4) is 0 Å². The lowest BCUT2D eigenvalue weighted by Crippen LogP contribution is -2.38. The van der Waals surface area contributed by atoms with E-state index in [4.69, 9.17) is 10.7 Å². The molecule has 1 fully saturated rings. The third-order valence-corrected chi connectivity index (χ3v) is 5.21. The molecule has 0 saturated heterocycles. The van der Waals surface area contributed by atoms with E-state index in [1.165, 1.54) is 74.0 Å². The van der Waals surface area contributed by atoms with E-state index in [0.717, 1.165) is 13.0 Å². The van der Waals surface area contributed by atoms with Crippen LogP contribution < -0.4 is 10.6 Å². The van der Waals surface area contributed by atoms with Gasteiger partial charge in [-0.25, -0.2) is 4.98 Å². The van der Waals surface area contributed by atoms with Gasteiger partial charge >= 0.3 is 0 Å². The summed E-state index contributed by atoms with van der Waals surface area (Å²) in [7, 11) is 0. The second-order valence-electron chi connectivity index (χ2n) is 6.57. The average molecular weight is 287 g/mol. The van der Waals surface area contributed by atoms with Crippen LogP contribution >= 0.6 is 0 Å². The Balaban J connectivity index is 1.94. The Kier molecular flexibility index (Phi) is 4.79. The highest BCUT2D eigenvalue weighted by Crippen LogP contribution is 2.31. The molecule has 116 valence electrons. The molecule has 0 bridgehead atoms. The SMILES string of the molecule is CCN(c1nc2c(cc1CN)CCCC2)C1CCCCC1. The van der Waals surface area contributed by atoms with Crippen LogP contribution in [-0.4, -0.2) is 17.6 Å². The lowest BCUT2D eigenvalue weighted by atomic mass is 9.92. The molecule has 0 aliphatic heterocycles. The lowest BCUT2D eigenvalue weighted by molar-refractivity contribution is 0.415. The quantitative estimate of drug-likeness (QED) is 0.920. The van der Waals surface area contributed by atoms with Gasteiger partial charge in [-0.15, -0.1) is 0 Å².